The van der Waals surface area contributed by atoms with Gasteiger partial charge in [0, 0.05) is 10.6 Å². The molecule has 0 unspecified atom stereocenters. The lowest BCUT2D eigenvalue weighted by molar-refractivity contribution is -0.294. The smallest absolute Gasteiger partial charge is 0.244 e. The Hall–Kier alpha value is -2.66. The van der Waals surface area contributed by atoms with Crippen LogP contribution >= 0.6 is 11.6 Å². The van der Waals surface area contributed by atoms with Gasteiger partial charge in [0.25, 0.3) is 0 Å². The molecule has 2 aromatic rings. The van der Waals surface area contributed by atoms with Gasteiger partial charge >= 0.3 is 0 Å². The van der Waals surface area contributed by atoms with Gasteiger partial charge in [-0.25, -0.2) is 5.43 Å². The standard InChI is InChI=1S/C16H13ClN2O3/c17-13-9-5-4-8-12(13)10-14(20)18-19-15(16(21)22)11-6-2-1-3-7-11/h1-9H,10H2,(H,18,20)(H,21,22)/p-1/b19-15-. The summed E-state index contributed by atoms with van der Waals surface area (Å²) in [4.78, 5) is 22.9. The Labute approximate surface area is 132 Å². The highest BCUT2D eigenvalue weighted by Crippen LogP contribution is 2.15. The molecule has 0 atom stereocenters. The summed E-state index contributed by atoms with van der Waals surface area (Å²) in [5.74, 6) is -1.94. The van der Waals surface area contributed by atoms with Crippen molar-refractivity contribution in [3.05, 3.63) is 70.7 Å². The fourth-order valence-corrected chi connectivity index (χ4v) is 2.00. The van der Waals surface area contributed by atoms with E-state index in [1.807, 2.05) is 0 Å². The van der Waals surface area contributed by atoms with Crippen molar-refractivity contribution in [3.63, 3.8) is 0 Å². The zero-order valence-corrected chi connectivity index (χ0v) is 12.2. The minimum atomic E-state index is -1.47. The lowest BCUT2D eigenvalue weighted by Crippen LogP contribution is -2.35. The molecule has 1 N–H and O–H groups in total. The van der Waals surface area contributed by atoms with Crippen molar-refractivity contribution in [2.75, 3.05) is 0 Å². The van der Waals surface area contributed by atoms with E-state index in [1.54, 1.807) is 54.6 Å². The van der Waals surface area contributed by atoms with E-state index in [9.17, 15) is 14.7 Å². The number of carboxylic acid groups (broad SMARTS) is 1. The molecule has 5 nitrogen and oxygen atoms in total. The van der Waals surface area contributed by atoms with Crippen molar-refractivity contribution >= 4 is 29.2 Å². The fraction of sp³-hybridized carbons (Fsp3) is 0.0625. The molecule has 0 radical (unpaired) electrons. The summed E-state index contributed by atoms with van der Waals surface area (Å²) in [5.41, 5.74) is 2.85. The molecule has 0 saturated carbocycles. The molecule has 0 fully saturated rings. The molecule has 2 rings (SSSR count). The molecule has 6 heteroatoms. The van der Waals surface area contributed by atoms with Crippen molar-refractivity contribution in [2.45, 2.75) is 6.42 Å². The van der Waals surface area contributed by atoms with Gasteiger partial charge < -0.3 is 9.90 Å². The van der Waals surface area contributed by atoms with Gasteiger partial charge in [-0.1, -0.05) is 60.1 Å². The number of nitrogens with zero attached hydrogens (tertiary/aromatic N) is 1. The maximum absolute atomic E-state index is 11.8. The highest BCUT2D eigenvalue weighted by atomic mass is 35.5. The number of carbonyl (C=O) groups is 2. The molecule has 0 aromatic heterocycles. The Morgan fingerprint density at radius 2 is 1.68 bits per heavy atom. The summed E-state index contributed by atoms with van der Waals surface area (Å²) in [5, 5.41) is 15.2. The molecule has 1 amide bonds. The summed E-state index contributed by atoms with van der Waals surface area (Å²) in [6.45, 7) is 0. The van der Waals surface area contributed by atoms with E-state index in [0.717, 1.165) is 0 Å². The zero-order valence-electron chi connectivity index (χ0n) is 11.5. The van der Waals surface area contributed by atoms with Gasteiger partial charge in [0.15, 0.2) is 0 Å². The molecular formula is C16H12ClN2O3-. The van der Waals surface area contributed by atoms with Crippen LogP contribution in [0, 0.1) is 0 Å². The number of nitrogens with one attached hydrogen (secondary N) is 1. The summed E-state index contributed by atoms with van der Waals surface area (Å²) in [6, 6.07) is 15.1. The van der Waals surface area contributed by atoms with Gasteiger partial charge in [0.1, 0.15) is 5.71 Å². The van der Waals surface area contributed by atoms with Crippen molar-refractivity contribution in [1.82, 2.24) is 5.43 Å². The predicted molar refractivity (Wildman–Crippen MR) is 81.3 cm³/mol. The van der Waals surface area contributed by atoms with Gasteiger partial charge in [0.2, 0.25) is 5.91 Å². The normalized spacial score (nSPS) is 11.0. The quantitative estimate of drug-likeness (QED) is 0.664. The minimum absolute atomic E-state index is 0.00170. The van der Waals surface area contributed by atoms with Crippen LogP contribution < -0.4 is 10.5 Å². The van der Waals surface area contributed by atoms with Gasteiger partial charge in [-0.05, 0) is 11.6 Å². The average molecular weight is 316 g/mol. The Morgan fingerprint density at radius 1 is 1.05 bits per heavy atom. The van der Waals surface area contributed by atoms with E-state index in [2.05, 4.69) is 10.5 Å². The topological polar surface area (TPSA) is 81.6 Å². The number of rotatable bonds is 5. The van der Waals surface area contributed by atoms with Crippen LogP contribution in [0.5, 0.6) is 0 Å². The van der Waals surface area contributed by atoms with Crippen LogP contribution in [0.3, 0.4) is 0 Å². The second-order valence-corrected chi connectivity index (χ2v) is 4.82. The number of hydrogen-bond donors (Lipinski definition) is 1. The first kappa shape index (κ1) is 15.7. The Balaban J connectivity index is 2.10. The number of halogens is 1. The van der Waals surface area contributed by atoms with E-state index >= 15 is 0 Å². The number of hydrazone groups is 1. The van der Waals surface area contributed by atoms with E-state index in [1.165, 1.54) is 0 Å². The Bertz CT molecular complexity index is 714. The summed E-state index contributed by atoms with van der Waals surface area (Å²) >= 11 is 5.96. The summed E-state index contributed by atoms with van der Waals surface area (Å²) < 4.78 is 0. The number of carbonyl (C=O) groups excluding carboxylic acids is 2. The Kier molecular flexibility index (Phi) is 5.27. The van der Waals surface area contributed by atoms with Gasteiger partial charge in [-0.3, -0.25) is 4.79 Å². The van der Waals surface area contributed by atoms with E-state index in [-0.39, 0.29) is 12.1 Å². The number of aliphatic carboxylic acids is 1. The third kappa shape index (κ3) is 4.17. The maximum atomic E-state index is 11.8. The summed E-state index contributed by atoms with van der Waals surface area (Å²) in [6.07, 6.45) is -0.00170. The van der Waals surface area contributed by atoms with Crippen LogP contribution in [0.1, 0.15) is 11.1 Å². The molecule has 0 aliphatic rings. The lowest BCUT2D eigenvalue weighted by atomic mass is 10.1. The fourth-order valence-electron chi connectivity index (χ4n) is 1.80. The predicted octanol–water partition coefficient (Wildman–Crippen LogP) is 1.15. The molecule has 112 valence electrons. The van der Waals surface area contributed by atoms with E-state index < -0.39 is 11.9 Å². The number of carboxylic acids is 1. The maximum Gasteiger partial charge on any atom is 0.244 e. The van der Waals surface area contributed by atoms with Crippen LogP contribution in [0.25, 0.3) is 0 Å². The third-order valence-electron chi connectivity index (χ3n) is 2.84. The van der Waals surface area contributed by atoms with Crippen molar-refractivity contribution in [2.24, 2.45) is 5.10 Å². The highest BCUT2D eigenvalue weighted by molar-refractivity contribution is 6.41. The molecule has 0 heterocycles. The Morgan fingerprint density at radius 3 is 2.32 bits per heavy atom. The first-order valence-corrected chi connectivity index (χ1v) is 6.82. The molecule has 2 aromatic carbocycles. The molecule has 0 bridgehead atoms. The van der Waals surface area contributed by atoms with Crippen LogP contribution in [0.4, 0.5) is 0 Å². The average Bonchev–Trinajstić information content (AvgIpc) is 2.50. The van der Waals surface area contributed by atoms with Gasteiger partial charge in [-0.15, -0.1) is 0 Å². The first-order chi connectivity index (χ1) is 10.6. The van der Waals surface area contributed by atoms with Crippen LogP contribution in [0.15, 0.2) is 59.7 Å². The molecular weight excluding hydrogens is 304 g/mol. The molecule has 0 spiro atoms. The van der Waals surface area contributed by atoms with Crippen LogP contribution in [-0.4, -0.2) is 17.6 Å². The number of hydrogen-bond acceptors (Lipinski definition) is 4. The lowest BCUT2D eigenvalue weighted by Gasteiger charge is -2.08. The van der Waals surface area contributed by atoms with Crippen LogP contribution in [-0.2, 0) is 16.0 Å². The second-order valence-electron chi connectivity index (χ2n) is 4.42. The van der Waals surface area contributed by atoms with Gasteiger partial charge in [-0.2, -0.15) is 5.10 Å². The highest BCUT2D eigenvalue weighted by Gasteiger charge is 2.08. The minimum Gasteiger partial charge on any atom is -0.543 e. The number of benzene rings is 2. The zero-order chi connectivity index (χ0) is 15.9. The van der Waals surface area contributed by atoms with Crippen molar-refractivity contribution < 1.29 is 14.7 Å². The molecule has 0 saturated heterocycles. The number of amides is 1. The van der Waals surface area contributed by atoms with Gasteiger partial charge in [0.05, 0.1) is 12.4 Å². The molecule has 0 aliphatic carbocycles. The largest absolute Gasteiger partial charge is 0.543 e. The summed E-state index contributed by atoms with van der Waals surface area (Å²) in [7, 11) is 0. The third-order valence-corrected chi connectivity index (χ3v) is 3.21. The van der Waals surface area contributed by atoms with Crippen molar-refractivity contribution in [3.8, 4) is 0 Å². The van der Waals surface area contributed by atoms with Crippen LogP contribution in [0.2, 0.25) is 5.02 Å². The monoisotopic (exact) mass is 315 g/mol. The van der Waals surface area contributed by atoms with E-state index in [0.29, 0.717) is 16.1 Å². The SMILES string of the molecule is O=C(Cc1ccccc1Cl)N/N=C(\C(=O)[O-])c1ccccc1. The molecule has 0 aliphatic heterocycles. The second kappa shape index (κ2) is 7.38. The molecule has 22 heavy (non-hydrogen) atoms. The first-order valence-electron chi connectivity index (χ1n) is 6.44. The van der Waals surface area contributed by atoms with Crippen molar-refractivity contribution in [1.29, 1.82) is 0 Å². The van der Waals surface area contributed by atoms with E-state index in [4.69, 9.17) is 11.6 Å².